The molecule has 0 aromatic carbocycles. The molecular formula is C15H17N3O4. The van der Waals surface area contributed by atoms with Crippen molar-refractivity contribution in [2.24, 2.45) is 5.92 Å². The van der Waals surface area contributed by atoms with E-state index in [1.54, 1.807) is 11.0 Å². The van der Waals surface area contributed by atoms with Gasteiger partial charge in [0.15, 0.2) is 11.5 Å². The lowest BCUT2D eigenvalue weighted by atomic mass is 10.0. The van der Waals surface area contributed by atoms with Gasteiger partial charge in [-0.3, -0.25) is 14.9 Å². The second-order valence-corrected chi connectivity index (χ2v) is 5.47. The van der Waals surface area contributed by atoms with Crippen LogP contribution in [0.4, 0.5) is 6.01 Å². The van der Waals surface area contributed by atoms with Crippen LogP contribution >= 0.6 is 0 Å². The Labute approximate surface area is 127 Å². The number of likely N-dealkylation sites (tertiary alicyclic amines) is 1. The van der Waals surface area contributed by atoms with Crippen molar-refractivity contribution in [2.45, 2.75) is 19.8 Å². The van der Waals surface area contributed by atoms with Crippen LogP contribution in [-0.2, 0) is 0 Å². The number of carbonyl (C=O) groups is 2. The van der Waals surface area contributed by atoms with E-state index in [9.17, 15) is 9.59 Å². The highest BCUT2D eigenvalue weighted by Gasteiger charge is 2.24. The predicted octanol–water partition coefficient (Wildman–Crippen LogP) is 2.39. The van der Waals surface area contributed by atoms with Crippen LogP contribution in [0.2, 0.25) is 0 Å². The monoisotopic (exact) mass is 303 g/mol. The van der Waals surface area contributed by atoms with Crippen molar-refractivity contribution in [2.75, 3.05) is 18.4 Å². The molecule has 0 aliphatic carbocycles. The van der Waals surface area contributed by atoms with E-state index >= 15 is 0 Å². The summed E-state index contributed by atoms with van der Waals surface area (Å²) in [6, 6.07) is 3.12. The zero-order valence-corrected chi connectivity index (χ0v) is 12.2. The normalized spacial score (nSPS) is 18.2. The highest BCUT2D eigenvalue weighted by molar-refractivity contribution is 6.01. The fourth-order valence-electron chi connectivity index (χ4n) is 2.53. The van der Waals surface area contributed by atoms with E-state index in [1.807, 2.05) is 0 Å². The molecule has 1 atom stereocenters. The van der Waals surface area contributed by atoms with Crippen LogP contribution in [0.15, 0.2) is 33.5 Å². The van der Waals surface area contributed by atoms with Crippen molar-refractivity contribution >= 4 is 17.8 Å². The Morgan fingerprint density at radius 1 is 1.41 bits per heavy atom. The molecule has 1 saturated heterocycles. The molecule has 0 saturated carbocycles. The van der Waals surface area contributed by atoms with Gasteiger partial charge in [-0.1, -0.05) is 6.92 Å². The standard InChI is InChI=1S/C15H17N3O4/c1-10-4-2-6-18(8-10)14(20)11-9-22-15(16-11)17-13(19)12-5-3-7-21-12/h3,5,7,9-10H,2,4,6,8H2,1H3,(H,16,17,19). The van der Waals surface area contributed by atoms with Crippen molar-refractivity contribution < 1.29 is 18.4 Å². The van der Waals surface area contributed by atoms with Gasteiger partial charge < -0.3 is 13.7 Å². The lowest BCUT2D eigenvalue weighted by molar-refractivity contribution is 0.0677. The number of amides is 2. The average molecular weight is 303 g/mol. The number of furan rings is 1. The third kappa shape index (κ3) is 3.03. The number of hydrogen-bond donors (Lipinski definition) is 1. The third-order valence-corrected chi connectivity index (χ3v) is 3.63. The lowest BCUT2D eigenvalue weighted by Gasteiger charge is -2.30. The average Bonchev–Trinajstić information content (AvgIpc) is 3.18. The van der Waals surface area contributed by atoms with E-state index in [2.05, 4.69) is 17.2 Å². The van der Waals surface area contributed by atoms with E-state index in [0.717, 1.165) is 25.9 Å². The van der Waals surface area contributed by atoms with Gasteiger partial charge in [-0.05, 0) is 30.9 Å². The van der Waals surface area contributed by atoms with Gasteiger partial charge >= 0.3 is 6.01 Å². The Bertz CT molecular complexity index is 662. The summed E-state index contributed by atoms with van der Waals surface area (Å²) in [5, 5.41) is 2.45. The summed E-state index contributed by atoms with van der Waals surface area (Å²) in [6.07, 6.45) is 4.79. The molecule has 1 fully saturated rings. The topological polar surface area (TPSA) is 88.6 Å². The number of carbonyl (C=O) groups excluding carboxylic acids is 2. The van der Waals surface area contributed by atoms with Gasteiger partial charge in [0.25, 0.3) is 11.8 Å². The molecule has 3 heterocycles. The van der Waals surface area contributed by atoms with E-state index in [0.29, 0.717) is 5.92 Å². The number of nitrogens with zero attached hydrogens (tertiary/aromatic N) is 2. The zero-order valence-electron chi connectivity index (χ0n) is 12.2. The van der Waals surface area contributed by atoms with Gasteiger partial charge in [0.05, 0.1) is 6.26 Å². The first-order valence-corrected chi connectivity index (χ1v) is 7.23. The highest BCUT2D eigenvalue weighted by Crippen LogP contribution is 2.18. The first kappa shape index (κ1) is 14.4. The van der Waals surface area contributed by atoms with Crippen LogP contribution in [0, 0.1) is 5.92 Å². The molecule has 2 aromatic heterocycles. The fraction of sp³-hybridized carbons (Fsp3) is 0.400. The summed E-state index contributed by atoms with van der Waals surface area (Å²) in [6.45, 7) is 3.57. The Kier molecular flexibility index (Phi) is 3.95. The minimum Gasteiger partial charge on any atom is -0.459 e. The number of rotatable bonds is 3. The summed E-state index contributed by atoms with van der Waals surface area (Å²) < 4.78 is 10.1. The molecule has 1 aliphatic rings. The van der Waals surface area contributed by atoms with Gasteiger partial charge in [0, 0.05) is 13.1 Å². The molecule has 116 valence electrons. The van der Waals surface area contributed by atoms with Crippen molar-refractivity contribution in [3.05, 3.63) is 36.1 Å². The molecule has 2 amide bonds. The number of anilines is 1. The highest BCUT2D eigenvalue weighted by atomic mass is 16.4. The van der Waals surface area contributed by atoms with Gasteiger partial charge in [-0.25, -0.2) is 0 Å². The lowest BCUT2D eigenvalue weighted by Crippen LogP contribution is -2.39. The predicted molar refractivity (Wildman–Crippen MR) is 77.5 cm³/mol. The number of oxazole rings is 1. The molecule has 1 aliphatic heterocycles. The van der Waals surface area contributed by atoms with Crippen molar-refractivity contribution in [1.82, 2.24) is 9.88 Å². The quantitative estimate of drug-likeness (QED) is 0.940. The van der Waals surface area contributed by atoms with Crippen molar-refractivity contribution in [3.8, 4) is 0 Å². The van der Waals surface area contributed by atoms with Gasteiger partial charge in [-0.15, -0.1) is 0 Å². The SMILES string of the molecule is CC1CCCN(C(=O)c2coc(NC(=O)c3ccco3)n2)C1. The van der Waals surface area contributed by atoms with E-state index < -0.39 is 5.91 Å². The van der Waals surface area contributed by atoms with Crippen LogP contribution in [0.5, 0.6) is 0 Å². The number of piperidine rings is 1. The third-order valence-electron chi connectivity index (χ3n) is 3.63. The molecule has 1 unspecified atom stereocenters. The molecule has 7 nitrogen and oxygen atoms in total. The Hall–Kier alpha value is -2.57. The number of nitrogens with one attached hydrogen (secondary N) is 1. The second kappa shape index (κ2) is 6.05. The van der Waals surface area contributed by atoms with Crippen molar-refractivity contribution in [3.63, 3.8) is 0 Å². The summed E-state index contributed by atoms with van der Waals surface area (Å²) in [4.78, 5) is 29.9. The van der Waals surface area contributed by atoms with E-state index in [4.69, 9.17) is 8.83 Å². The maximum Gasteiger partial charge on any atom is 0.302 e. The van der Waals surface area contributed by atoms with Gasteiger partial charge in [0.1, 0.15) is 6.26 Å². The van der Waals surface area contributed by atoms with Crippen LogP contribution < -0.4 is 5.32 Å². The van der Waals surface area contributed by atoms with Gasteiger partial charge in [-0.2, -0.15) is 4.98 Å². The minimum absolute atomic E-state index is 0.0187. The number of aromatic nitrogens is 1. The zero-order chi connectivity index (χ0) is 15.5. The summed E-state index contributed by atoms with van der Waals surface area (Å²) in [5.74, 6) is -0.00935. The first-order chi connectivity index (χ1) is 10.6. The molecular weight excluding hydrogens is 286 g/mol. The maximum atomic E-state index is 12.3. The molecule has 7 heteroatoms. The van der Waals surface area contributed by atoms with E-state index in [-0.39, 0.29) is 23.4 Å². The molecule has 22 heavy (non-hydrogen) atoms. The van der Waals surface area contributed by atoms with Crippen LogP contribution in [0.3, 0.4) is 0 Å². The summed E-state index contributed by atoms with van der Waals surface area (Å²) in [5.41, 5.74) is 0.198. The molecule has 0 radical (unpaired) electrons. The molecule has 1 N–H and O–H groups in total. The second-order valence-electron chi connectivity index (χ2n) is 5.47. The molecule has 3 rings (SSSR count). The molecule has 0 spiro atoms. The summed E-state index contributed by atoms with van der Waals surface area (Å²) >= 11 is 0. The number of hydrogen-bond acceptors (Lipinski definition) is 5. The first-order valence-electron chi connectivity index (χ1n) is 7.23. The maximum absolute atomic E-state index is 12.3. The van der Waals surface area contributed by atoms with Crippen LogP contribution in [0.25, 0.3) is 0 Å². The smallest absolute Gasteiger partial charge is 0.302 e. The van der Waals surface area contributed by atoms with Crippen LogP contribution in [0.1, 0.15) is 40.8 Å². The molecule has 0 bridgehead atoms. The Morgan fingerprint density at radius 3 is 3.00 bits per heavy atom. The van der Waals surface area contributed by atoms with Crippen molar-refractivity contribution in [1.29, 1.82) is 0 Å². The minimum atomic E-state index is -0.475. The largest absolute Gasteiger partial charge is 0.459 e. The Morgan fingerprint density at radius 2 is 2.27 bits per heavy atom. The molecule has 2 aromatic rings. The summed E-state index contributed by atoms with van der Waals surface area (Å²) in [7, 11) is 0. The van der Waals surface area contributed by atoms with E-state index in [1.165, 1.54) is 18.6 Å². The van der Waals surface area contributed by atoms with Gasteiger partial charge in [0.2, 0.25) is 0 Å². The van der Waals surface area contributed by atoms with Crippen LogP contribution in [-0.4, -0.2) is 34.8 Å². The Balaban J connectivity index is 1.65. The fourth-order valence-corrected chi connectivity index (χ4v) is 2.53.